The Labute approximate surface area is 146 Å². The van der Waals surface area contributed by atoms with Crippen LogP contribution in [0.5, 0.6) is 5.75 Å². The maximum absolute atomic E-state index is 11.8. The Morgan fingerprint density at radius 3 is 2.52 bits per heavy atom. The van der Waals surface area contributed by atoms with Crippen LogP contribution in [-0.4, -0.2) is 23.6 Å². The monoisotopic (exact) mass is 345 g/mol. The van der Waals surface area contributed by atoms with Crippen molar-refractivity contribution in [2.75, 3.05) is 6.61 Å². The summed E-state index contributed by atoms with van der Waals surface area (Å²) in [6, 6.07) is 5.77. The molecule has 0 aliphatic carbocycles. The van der Waals surface area contributed by atoms with Crippen molar-refractivity contribution in [2.45, 2.75) is 40.5 Å². The number of carbonyl (C=O) groups is 2. The highest BCUT2D eigenvalue weighted by molar-refractivity contribution is 5.82. The molecule has 0 saturated heterocycles. The Morgan fingerprint density at radius 1 is 1.12 bits per heavy atom. The lowest BCUT2D eigenvalue weighted by Crippen LogP contribution is -2.43. The molecule has 0 atom stereocenters. The van der Waals surface area contributed by atoms with Crippen LogP contribution >= 0.6 is 0 Å². The fourth-order valence-corrected chi connectivity index (χ4v) is 2.34. The zero-order valence-corrected chi connectivity index (χ0v) is 14.9. The van der Waals surface area contributed by atoms with E-state index in [2.05, 4.69) is 16.0 Å². The molecule has 0 bridgehead atoms. The van der Waals surface area contributed by atoms with Gasteiger partial charge in [0.15, 0.2) is 6.61 Å². The molecule has 0 aliphatic heterocycles. The molecule has 0 spiro atoms. The number of benzene rings is 1. The van der Waals surface area contributed by atoms with Crippen LogP contribution in [0.1, 0.15) is 34.6 Å². The molecule has 1 aromatic heterocycles. The summed E-state index contributed by atoms with van der Waals surface area (Å²) in [6.07, 6.45) is 0.725. The van der Waals surface area contributed by atoms with Crippen LogP contribution in [0.4, 0.5) is 0 Å². The second-order valence-electron chi connectivity index (χ2n) is 5.96. The van der Waals surface area contributed by atoms with Crippen LogP contribution in [0.15, 0.2) is 22.7 Å². The van der Waals surface area contributed by atoms with Gasteiger partial charge in [-0.15, -0.1) is 0 Å². The average Bonchev–Trinajstić information content (AvgIpc) is 2.90. The normalized spacial score (nSPS) is 10.4. The molecule has 25 heavy (non-hydrogen) atoms. The number of nitrogens with zero attached hydrogens (tertiary/aromatic N) is 1. The molecule has 2 N–H and O–H groups in total. The number of hydrogen-bond acceptors (Lipinski definition) is 5. The zero-order valence-electron chi connectivity index (χ0n) is 14.9. The van der Waals surface area contributed by atoms with Crippen LogP contribution in [0, 0.1) is 27.7 Å². The standard InChI is InChI=1S/C18H23N3O4/c1-11-5-6-12(2)16(9-11)24-10-18(23)20-19-17(22)8-7-15-13(3)21-25-14(15)4/h5-6,9H,7-8,10H2,1-4H3,(H,19,22)(H,20,23). The highest BCUT2D eigenvalue weighted by Crippen LogP contribution is 2.18. The van der Waals surface area contributed by atoms with Crippen LogP contribution in [0.2, 0.25) is 0 Å². The molecule has 7 nitrogen and oxygen atoms in total. The minimum absolute atomic E-state index is 0.172. The van der Waals surface area contributed by atoms with E-state index in [1.807, 2.05) is 39.0 Å². The Hall–Kier alpha value is -2.83. The summed E-state index contributed by atoms with van der Waals surface area (Å²) in [5, 5.41) is 3.84. The quantitative estimate of drug-likeness (QED) is 0.782. The molecule has 1 heterocycles. The van der Waals surface area contributed by atoms with Crippen molar-refractivity contribution in [1.82, 2.24) is 16.0 Å². The number of aromatic nitrogens is 1. The largest absolute Gasteiger partial charge is 0.483 e. The summed E-state index contributed by atoms with van der Waals surface area (Å²) in [6.45, 7) is 7.32. The number of aryl methyl sites for hydroxylation is 4. The van der Waals surface area contributed by atoms with E-state index in [1.165, 1.54) is 0 Å². The van der Waals surface area contributed by atoms with Gasteiger partial charge < -0.3 is 9.26 Å². The average molecular weight is 345 g/mol. The number of carbonyl (C=O) groups excluding carboxylic acids is 2. The first kappa shape index (κ1) is 18.5. The second-order valence-corrected chi connectivity index (χ2v) is 5.96. The van der Waals surface area contributed by atoms with E-state index in [-0.39, 0.29) is 18.9 Å². The molecule has 0 aliphatic rings. The predicted octanol–water partition coefficient (Wildman–Crippen LogP) is 2.07. The van der Waals surface area contributed by atoms with E-state index in [1.54, 1.807) is 6.92 Å². The van der Waals surface area contributed by atoms with E-state index >= 15 is 0 Å². The molecule has 1 aromatic carbocycles. The maximum Gasteiger partial charge on any atom is 0.276 e. The summed E-state index contributed by atoms with van der Waals surface area (Å²) in [4.78, 5) is 23.6. The number of hydrazine groups is 1. The SMILES string of the molecule is Cc1ccc(C)c(OCC(=O)NNC(=O)CCc2c(C)noc2C)c1. The van der Waals surface area contributed by atoms with Crippen molar-refractivity contribution in [1.29, 1.82) is 0 Å². The minimum Gasteiger partial charge on any atom is -0.483 e. The molecule has 0 radical (unpaired) electrons. The third-order valence-corrected chi connectivity index (χ3v) is 3.83. The van der Waals surface area contributed by atoms with Gasteiger partial charge in [0.1, 0.15) is 11.5 Å². The lowest BCUT2D eigenvalue weighted by atomic mass is 10.1. The first-order valence-electron chi connectivity index (χ1n) is 8.06. The summed E-state index contributed by atoms with van der Waals surface area (Å²) >= 11 is 0. The maximum atomic E-state index is 11.8. The highest BCUT2D eigenvalue weighted by Gasteiger charge is 2.12. The van der Waals surface area contributed by atoms with Crippen LogP contribution in [0.25, 0.3) is 0 Å². The fourth-order valence-electron chi connectivity index (χ4n) is 2.34. The molecule has 2 aromatic rings. The lowest BCUT2D eigenvalue weighted by Gasteiger charge is -2.11. The third-order valence-electron chi connectivity index (χ3n) is 3.83. The Balaban J connectivity index is 1.72. The van der Waals surface area contributed by atoms with E-state index in [4.69, 9.17) is 9.26 Å². The minimum atomic E-state index is -0.424. The van der Waals surface area contributed by atoms with Crippen molar-refractivity contribution >= 4 is 11.8 Å². The second kappa shape index (κ2) is 8.32. The van der Waals surface area contributed by atoms with Gasteiger partial charge in [-0.05, 0) is 51.3 Å². The van der Waals surface area contributed by atoms with E-state index < -0.39 is 5.91 Å². The number of rotatable bonds is 6. The van der Waals surface area contributed by atoms with E-state index in [0.29, 0.717) is 17.9 Å². The first-order valence-corrected chi connectivity index (χ1v) is 8.06. The molecule has 0 saturated carbocycles. The van der Waals surface area contributed by atoms with E-state index in [0.717, 1.165) is 22.4 Å². The van der Waals surface area contributed by atoms with Gasteiger partial charge >= 0.3 is 0 Å². The number of nitrogens with one attached hydrogen (secondary N) is 2. The first-order chi connectivity index (χ1) is 11.9. The summed E-state index contributed by atoms with van der Waals surface area (Å²) in [5.41, 5.74) is 8.41. The highest BCUT2D eigenvalue weighted by atomic mass is 16.5. The molecular weight excluding hydrogens is 322 g/mol. The van der Waals surface area contributed by atoms with Crippen LogP contribution in [-0.2, 0) is 16.0 Å². The van der Waals surface area contributed by atoms with Crippen molar-refractivity contribution in [2.24, 2.45) is 0 Å². The molecular formula is C18H23N3O4. The van der Waals surface area contributed by atoms with Gasteiger partial charge in [0.25, 0.3) is 5.91 Å². The smallest absolute Gasteiger partial charge is 0.276 e. The lowest BCUT2D eigenvalue weighted by molar-refractivity contribution is -0.130. The van der Waals surface area contributed by atoms with Crippen molar-refractivity contribution < 1.29 is 18.8 Å². The molecule has 0 unspecified atom stereocenters. The Morgan fingerprint density at radius 2 is 1.84 bits per heavy atom. The van der Waals surface area contributed by atoms with Gasteiger partial charge in [-0.2, -0.15) is 0 Å². The number of amides is 2. The zero-order chi connectivity index (χ0) is 18.4. The van der Waals surface area contributed by atoms with Gasteiger partial charge in [-0.25, -0.2) is 0 Å². The van der Waals surface area contributed by atoms with Crippen molar-refractivity contribution in [3.63, 3.8) is 0 Å². The molecule has 0 fully saturated rings. The van der Waals surface area contributed by atoms with Crippen LogP contribution < -0.4 is 15.6 Å². The Bertz CT molecular complexity index is 748. The van der Waals surface area contributed by atoms with Gasteiger partial charge in [0, 0.05) is 12.0 Å². The third kappa shape index (κ3) is 5.34. The van der Waals surface area contributed by atoms with Gasteiger partial charge in [-0.3, -0.25) is 20.4 Å². The topological polar surface area (TPSA) is 93.5 Å². The molecule has 7 heteroatoms. The molecule has 2 amide bonds. The van der Waals surface area contributed by atoms with Gasteiger partial charge in [-0.1, -0.05) is 17.3 Å². The van der Waals surface area contributed by atoms with Crippen molar-refractivity contribution in [3.05, 3.63) is 46.3 Å². The predicted molar refractivity (Wildman–Crippen MR) is 92.0 cm³/mol. The van der Waals surface area contributed by atoms with Crippen molar-refractivity contribution in [3.8, 4) is 5.75 Å². The fraction of sp³-hybridized carbons (Fsp3) is 0.389. The summed E-state index contributed by atoms with van der Waals surface area (Å²) < 4.78 is 10.5. The number of hydrogen-bond donors (Lipinski definition) is 2. The van der Waals surface area contributed by atoms with Crippen LogP contribution in [0.3, 0.4) is 0 Å². The van der Waals surface area contributed by atoms with Gasteiger partial charge in [0.2, 0.25) is 5.91 Å². The van der Waals surface area contributed by atoms with E-state index in [9.17, 15) is 9.59 Å². The summed E-state index contributed by atoms with van der Waals surface area (Å²) in [7, 11) is 0. The summed E-state index contributed by atoms with van der Waals surface area (Å²) in [5.74, 6) is 0.642. The molecule has 2 rings (SSSR count). The van der Waals surface area contributed by atoms with Gasteiger partial charge in [0.05, 0.1) is 5.69 Å². The number of ether oxygens (including phenoxy) is 1. The molecule has 134 valence electrons. The Kier molecular flexibility index (Phi) is 6.16.